The van der Waals surface area contributed by atoms with Crippen molar-refractivity contribution in [1.82, 2.24) is 5.32 Å². The van der Waals surface area contributed by atoms with Crippen LogP contribution in [0.1, 0.15) is 19.8 Å². The fourth-order valence-electron chi connectivity index (χ4n) is 1.36. The molecule has 0 aromatic carbocycles. The van der Waals surface area contributed by atoms with Gasteiger partial charge in [0, 0.05) is 18.3 Å². The van der Waals surface area contributed by atoms with Crippen molar-refractivity contribution in [2.45, 2.75) is 25.9 Å². The quantitative estimate of drug-likeness (QED) is 0.666. The van der Waals surface area contributed by atoms with E-state index in [1.165, 1.54) is 0 Å². The number of carbonyl (C=O) groups excluding carboxylic acids is 1. The zero-order valence-electron chi connectivity index (χ0n) is 7.79. The van der Waals surface area contributed by atoms with Gasteiger partial charge in [-0.3, -0.25) is 4.79 Å². The number of nitrogens with one attached hydrogen (secondary N) is 1. The lowest BCUT2D eigenvalue weighted by molar-refractivity contribution is -0.124. The van der Waals surface area contributed by atoms with E-state index in [1.807, 2.05) is 0 Å². The Morgan fingerprint density at radius 1 is 1.69 bits per heavy atom. The molecule has 4 heteroatoms. The van der Waals surface area contributed by atoms with Crippen LogP contribution in [0.5, 0.6) is 0 Å². The monoisotopic (exact) mass is 205 g/mol. The summed E-state index contributed by atoms with van der Waals surface area (Å²) in [7, 11) is 0. The molecule has 1 fully saturated rings. The summed E-state index contributed by atoms with van der Waals surface area (Å²) in [5.41, 5.74) is 0. The number of amides is 1. The molecule has 2 N–H and O–H groups in total. The van der Waals surface area contributed by atoms with Crippen LogP contribution in [0.25, 0.3) is 0 Å². The summed E-state index contributed by atoms with van der Waals surface area (Å²) in [6.45, 7) is 2.48. The van der Waals surface area contributed by atoms with Gasteiger partial charge in [-0.05, 0) is 18.8 Å². The van der Waals surface area contributed by atoms with Crippen molar-refractivity contribution < 1.29 is 9.90 Å². The van der Waals surface area contributed by atoms with Crippen LogP contribution in [0.3, 0.4) is 0 Å². The molecule has 0 aromatic rings. The molecular formula is C9H16ClNO2. The van der Waals surface area contributed by atoms with Crippen LogP contribution in [0, 0.1) is 11.8 Å². The maximum Gasteiger partial charge on any atom is 0.224 e. The molecule has 0 saturated heterocycles. The first-order valence-corrected chi connectivity index (χ1v) is 5.18. The Hall–Kier alpha value is -0.280. The summed E-state index contributed by atoms with van der Waals surface area (Å²) in [6, 6.07) is 0. The molecule has 0 bridgehead atoms. The van der Waals surface area contributed by atoms with E-state index in [0.29, 0.717) is 18.3 Å². The lowest BCUT2D eigenvalue weighted by Gasteiger charge is -2.31. The van der Waals surface area contributed by atoms with Gasteiger partial charge in [0.15, 0.2) is 0 Å². The Kier molecular flexibility index (Phi) is 4.00. The summed E-state index contributed by atoms with van der Waals surface area (Å²) >= 11 is 5.53. The number of halogens is 1. The molecule has 0 aromatic heterocycles. The molecule has 1 saturated carbocycles. The van der Waals surface area contributed by atoms with E-state index < -0.39 is 0 Å². The molecule has 3 nitrogen and oxygen atoms in total. The van der Waals surface area contributed by atoms with E-state index in [1.54, 1.807) is 6.92 Å². The zero-order valence-corrected chi connectivity index (χ0v) is 8.55. The van der Waals surface area contributed by atoms with E-state index in [-0.39, 0.29) is 17.9 Å². The molecule has 13 heavy (non-hydrogen) atoms. The highest BCUT2D eigenvalue weighted by Gasteiger charge is 2.27. The number of carbonyl (C=O) groups is 1. The number of aliphatic hydroxyl groups is 1. The first-order chi connectivity index (χ1) is 6.13. The molecule has 0 heterocycles. The average molecular weight is 206 g/mol. The Bertz CT molecular complexity index is 180. The van der Waals surface area contributed by atoms with Crippen LogP contribution < -0.4 is 5.32 Å². The largest absolute Gasteiger partial charge is 0.393 e. The Morgan fingerprint density at radius 3 is 2.77 bits per heavy atom. The molecule has 1 unspecified atom stereocenters. The van der Waals surface area contributed by atoms with Gasteiger partial charge in [0.25, 0.3) is 0 Å². The van der Waals surface area contributed by atoms with Gasteiger partial charge in [-0.2, -0.15) is 0 Å². The van der Waals surface area contributed by atoms with Gasteiger partial charge in [0.05, 0.1) is 6.10 Å². The smallest absolute Gasteiger partial charge is 0.224 e. The molecule has 1 atom stereocenters. The van der Waals surface area contributed by atoms with Crippen LogP contribution in [0.15, 0.2) is 0 Å². The first-order valence-electron chi connectivity index (χ1n) is 4.65. The van der Waals surface area contributed by atoms with Crippen molar-refractivity contribution in [2.75, 3.05) is 12.4 Å². The maximum atomic E-state index is 11.2. The lowest BCUT2D eigenvalue weighted by Crippen LogP contribution is -2.40. The number of rotatable bonds is 4. The predicted molar refractivity (Wildman–Crippen MR) is 51.6 cm³/mol. The summed E-state index contributed by atoms with van der Waals surface area (Å²) in [6.07, 6.45) is 1.48. The number of alkyl halides is 1. The number of hydrogen-bond acceptors (Lipinski definition) is 2. The summed E-state index contributed by atoms with van der Waals surface area (Å²) < 4.78 is 0. The third-order valence-electron chi connectivity index (χ3n) is 2.45. The molecule has 1 amide bonds. The minimum Gasteiger partial charge on any atom is -0.393 e. The lowest BCUT2D eigenvalue weighted by atomic mass is 9.82. The van der Waals surface area contributed by atoms with Crippen LogP contribution in [0.2, 0.25) is 0 Å². The van der Waals surface area contributed by atoms with Gasteiger partial charge in [-0.1, -0.05) is 6.92 Å². The van der Waals surface area contributed by atoms with Crippen LogP contribution in [-0.2, 0) is 4.79 Å². The highest BCUT2D eigenvalue weighted by atomic mass is 35.5. The molecule has 1 rings (SSSR count). The third kappa shape index (κ3) is 3.16. The SMILES string of the molecule is CC(CCl)C(=O)NCC1CC(O)C1. The summed E-state index contributed by atoms with van der Waals surface area (Å²) in [5.74, 6) is 0.712. The second-order valence-corrected chi connectivity index (χ2v) is 4.10. The maximum absolute atomic E-state index is 11.2. The van der Waals surface area contributed by atoms with Crippen LogP contribution in [0.4, 0.5) is 0 Å². The molecule has 1 aliphatic carbocycles. The second-order valence-electron chi connectivity index (χ2n) is 3.79. The fraction of sp³-hybridized carbons (Fsp3) is 0.889. The Labute approximate surface area is 83.5 Å². The van der Waals surface area contributed by atoms with E-state index >= 15 is 0 Å². The van der Waals surface area contributed by atoms with Gasteiger partial charge < -0.3 is 10.4 Å². The predicted octanol–water partition coefficient (Wildman–Crippen LogP) is 0.748. The van der Waals surface area contributed by atoms with E-state index in [9.17, 15) is 4.79 Å². The van der Waals surface area contributed by atoms with Gasteiger partial charge in [0.1, 0.15) is 0 Å². The summed E-state index contributed by atoms with van der Waals surface area (Å²) in [5, 5.41) is 11.8. The van der Waals surface area contributed by atoms with Gasteiger partial charge in [0.2, 0.25) is 5.91 Å². The second kappa shape index (κ2) is 4.82. The van der Waals surface area contributed by atoms with Crippen molar-refractivity contribution in [3.63, 3.8) is 0 Å². The van der Waals surface area contributed by atoms with E-state index in [0.717, 1.165) is 12.8 Å². The highest BCUT2D eigenvalue weighted by molar-refractivity contribution is 6.19. The van der Waals surface area contributed by atoms with E-state index in [4.69, 9.17) is 16.7 Å². The van der Waals surface area contributed by atoms with Crippen LogP contribution in [-0.4, -0.2) is 29.5 Å². The standard InChI is InChI=1S/C9H16ClNO2/c1-6(4-10)9(13)11-5-7-2-8(12)3-7/h6-8,12H,2-5H2,1H3,(H,11,13). The molecule has 0 aliphatic heterocycles. The minimum atomic E-state index is -0.146. The Balaban J connectivity index is 2.09. The summed E-state index contributed by atoms with van der Waals surface area (Å²) in [4.78, 5) is 11.2. The van der Waals surface area contributed by atoms with Crippen LogP contribution >= 0.6 is 11.6 Å². The molecule has 0 spiro atoms. The molecule has 0 radical (unpaired) electrons. The van der Waals surface area contributed by atoms with Gasteiger partial charge in [-0.25, -0.2) is 0 Å². The van der Waals surface area contributed by atoms with Crippen molar-refractivity contribution in [1.29, 1.82) is 0 Å². The topological polar surface area (TPSA) is 49.3 Å². The number of hydrogen-bond donors (Lipinski definition) is 2. The van der Waals surface area contributed by atoms with Crippen molar-refractivity contribution >= 4 is 17.5 Å². The highest BCUT2D eigenvalue weighted by Crippen LogP contribution is 2.26. The fourth-order valence-corrected chi connectivity index (χ4v) is 1.50. The molecule has 76 valence electrons. The first kappa shape index (κ1) is 10.8. The normalized spacial score (nSPS) is 29.2. The van der Waals surface area contributed by atoms with Gasteiger partial charge in [-0.15, -0.1) is 11.6 Å². The third-order valence-corrected chi connectivity index (χ3v) is 2.92. The van der Waals surface area contributed by atoms with Crippen molar-refractivity contribution in [2.24, 2.45) is 11.8 Å². The Morgan fingerprint density at radius 2 is 2.31 bits per heavy atom. The number of aliphatic hydroxyl groups excluding tert-OH is 1. The van der Waals surface area contributed by atoms with Crippen molar-refractivity contribution in [3.8, 4) is 0 Å². The van der Waals surface area contributed by atoms with Gasteiger partial charge >= 0.3 is 0 Å². The van der Waals surface area contributed by atoms with Crippen molar-refractivity contribution in [3.05, 3.63) is 0 Å². The average Bonchev–Trinajstić information content (AvgIpc) is 2.08. The van der Waals surface area contributed by atoms with E-state index in [2.05, 4.69) is 5.32 Å². The molecular weight excluding hydrogens is 190 g/mol. The molecule has 1 aliphatic rings. The zero-order chi connectivity index (χ0) is 9.84. The minimum absolute atomic E-state index is 0.0105.